The van der Waals surface area contributed by atoms with Crippen LogP contribution in [0.25, 0.3) is 0 Å². The molecule has 1 aromatic carbocycles. The Morgan fingerprint density at radius 1 is 1.29 bits per heavy atom. The molecule has 0 heterocycles. The highest BCUT2D eigenvalue weighted by atomic mass is 35.5. The van der Waals surface area contributed by atoms with Crippen LogP contribution < -0.4 is 4.72 Å². The molecule has 1 fully saturated rings. The molecule has 0 saturated heterocycles. The Balaban J connectivity index is 2.27. The summed E-state index contributed by atoms with van der Waals surface area (Å²) in [5, 5.41) is 4.36. The Morgan fingerprint density at radius 2 is 1.96 bits per heavy atom. The molecule has 0 aliphatic heterocycles. The molecule has 1 saturated carbocycles. The number of sulfonamides is 1. The molecule has 28 heavy (non-hydrogen) atoms. The fourth-order valence-electron chi connectivity index (χ4n) is 3.09. The van der Waals surface area contributed by atoms with Gasteiger partial charge in [-0.1, -0.05) is 49.4 Å². The van der Waals surface area contributed by atoms with Crippen molar-refractivity contribution in [1.29, 1.82) is 0 Å². The number of benzene rings is 1. The molecule has 158 valence electrons. The van der Waals surface area contributed by atoms with E-state index < -0.39 is 15.5 Å². The fourth-order valence-corrected chi connectivity index (χ4v) is 3.84. The summed E-state index contributed by atoms with van der Waals surface area (Å²) in [5.41, 5.74) is -5.15. The summed E-state index contributed by atoms with van der Waals surface area (Å²) < 4.78 is 62.9. The zero-order valence-electron chi connectivity index (χ0n) is 15.6. The summed E-state index contributed by atoms with van der Waals surface area (Å²) in [4.78, 5) is 5.48. The number of nitrogens with one attached hydrogen (secondary N) is 1. The van der Waals surface area contributed by atoms with Gasteiger partial charge in [0.15, 0.2) is 0 Å². The van der Waals surface area contributed by atoms with Gasteiger partial charge in [-0.05, 0) is 43.4 Å². The van der Waals surface area contributed by atoms with Crippen molar-refractivity contribution in [2.75, 3.05) is 11.3 Å². The Labute approximate surface area is 168 Å². The van der Waals surface area contributed by atoms with E-state index in [9.17, 15) is 21.6 Å². The van der Waals surface area contributed by atoms with Crippen LogP contribution >= 0.6 is 11.6 Å². The maximum Gasteiger partial charge on any atom is 0.516 e. The zero-order valence-corrected chi connectivity index (χ0v) is 17.1. The van der Waals surface area contributed by atoms with Crippen LogP contribution in [-0.2, 0) is 14.9 Å². The first kappa shape index (κ1) is 22.8. The Bertz CT molecular complexity index is 792. The zero-order chi connectivity index (χ0) is 20.8. The molecular weight excluding hydrogens is 417 g/mol. The van der Waals surface area contributed by atoms with Crippen LogP contribution in [0.3, 0.4) is 0 Å². The van der Waals surface area contributed by atoms with Crippen LogP contribution in [0.2, 0.25) is 5.02 Å². The number of alkyl halides is 3. The molecule has 1 aliphatic rings. The number of nitrogens with zero attached hydrogens (tertiary/aromatic N) is 1. The number of anilines is 1. The number of halogens is 4. The second-order valence-electron chi connectivity index (χ2n) is 6.83. The number of oxime groups is 1. The normalized spacial score (nSPS) is 16.8. The lowest BCUT2D eigenvalue weighted by molar-refractivity contribution is -0.0429. The van der Waals surface area contributed by atoms with E-state index in [4.69, 9.17) is 16.4 Å². The molecule has 0 bridgehead atoms. The van der Waals surface area contributed by atoms with E-state index in [1.54, 1.807) is 4.72 Å². The third kappa shape index (κ3) is 6.27. The van der Waals surface area contributed by atoms with Crippen molar-refractivity contribution >= 4 is 33.0 Å². The van der Waals surface area contributed by atoms with Gasteiger partial charge in [-0.2, -0.15) is 21.6 Å². The van der Waals surface area contributed by atoms with Crippen LogP contribution in [0, 0.1) is 5.92 Å². The molecular formula is C18H24ClF3N2O3S. The van der Waals surface area contributed by atoms with Gasteiger partial charge in [0.05, 0.1) is 11.4 Å². The van der Waals surface area contributed by atoms with Crippen LogP contribution in [0.15, 0.2) is 23.4 Å². The van der Waals surface area contributed by atoms with E-state index in [-0.39, 0.29) is 16.3 Å². The SMILES string of the molecule is CCC/C(=N\OCC1CCCCC1)c1cc(Cl)ccc1NS(=O)(=O)C(F)(F)F. The van der Waals surface area contributed by atoms with Crippen molar-refractivity contribution in [3.05, 3.63) is 28.8 Å². The van der Waals surface area contributed by atoms with E-state index in [1.165, 1.54) is 24.6 Å². The summed E-state index contributed by atoms with van der Waals surface area (Å²) in [6, 6.07) is 3.88. The van der Waals surface area contributed by atoms with Gasteiger partial charge in [-0.3, -0.25) is 4.72 Å². The van der Waals surface area contributed by atoms with Crippen LogP contribution in [0.4, 0.5) is 18.9 Å². The van der Waals surface area contributed by atoms with E-state index in [2.05, 4.69) is 5.16 Å². The number of hydrogen-bond donors (Lipinski definition) is 1. The summed E-state index contributed by atoms with van der Waals surface area (Å²) in [6.45, 7) is 2.30. The molecule has 2 rings (SSSR count). The molecule has 0 aromatic heterocycles. The van der Waals surface area contributed by atoms with Crippen molar-refractivity contribution < 1.29 is 26.4 Å². The molecule has 1 aliphatic carbocycles. The summed E-state index contributed by atoms with van der Waals surface area (Å²) in [5.74, 6) is 0.406. The van der Waals surface area contributed by atoms with Gasteiger partial charge in [0, 0.05) is 10.6 Å². The van der Waals surface area contributed by atoms with Crippen LogP contribution in [0.5, 0.6) is 0 Å². The average molecular weight is 441 g/mol. The lowest BCUT2D eigenvalue weighted by atomic mass is 9.90. The number of hydrogen-bond acceptors (Lipinski definition) is 4. The monoisotopic (exact) mass is 440 g/mol. The van der Waals surface area contributed by atoms with Crippen molar-refractivity contribution in [2.24, 2.45) is 11.1 Å². The molecule has 0 spiro atoms. The first-order valence-corrected chi connectivity index (χ1v) is 11.1. The van der Waals surface area contributed by atoms with Gasteiger partial charge in [-0.15, -0.1) is 0 Å². The van der Waals surface area contributed by atoms with Gasteiger partial charge >= 0.3 is 15.5 Å². The summed E-state index contributed by atoms with van der Waals surface area (Å²) >= 11 is 5.98. The van der Waals surface area contributed by atoms with E-state index in [1.807, 2.05) is 6.92 Å². The van der Waals surface area contributed by atoms with E-state index in [0.717, 1.165) is 25.7 Å². The topological polar surface area (TPSA) is 67.8 Å². The second-order valence-corrected chi connectivity index (χ2v) is 8.94. The Morgan fingerprint density at radius 3 is 2.57 bits per heavy atom. The predicted molar refractivity (Wildman–Crippen MR) is 104 cm³/mol. The van der Waals surface area contributed by atoms with Gasteiger partial charge in [0.2, 0.25) is 0 Å². The van der Waals surface area contributed by atoms with Crippen molar-refractivity contribution in [3.8, 4) is 0 Å². The molecule has 0 atom stereocenters. The molecule has 5 nitrogen and oxygen atoms in total. The minimum atomic E-state index is -5.56. The lowest BCUT2D eigenvalue weighted by Gasteiger charge is -2.20. The average Bonchev–Trinajstić information content (AvgIpc) is 2.62. The third-order valence-electron chi connectivity index (χ3n) is 4.54. The van der Waals surface area contributed by atoms with Gasteiger partial charge in [0.1, 0.15) is 6.61 Å². The maximum atomic E-state index is 12.8. The minimum Gasteiger partial charge on any atom is -0.395 e. The van der Waals surface area contributed by atoms with Gasteiger partial charge in [-0.25, -0.2) is 0 Å². The van der Waals surface area contributed by atoms with Gasteiger partial charge < -0.3 is 4.84 Å². The third-order valence-corrected chi connectivity index (χ3v) is 5.87. The van der Waals surface area contributed by atoms with E-state index in [0.29, 0.717) is 31.1 Å². The highest BCUT2D eigenvalue weighted by Crippen LogP contribution is 2.30. The standard InChI is InChI=1S/C18H24ClF3N2O3S/c1-2-6-16(23-27-12-13-7-4-3-5-8-13)15-11-14(19)9-10-17(15)24-28(25,26)18(20,21)22/h9-11,13,24H,2-8,12H2,1H3/b23-16+. The molecule has 1 N–H and O–H groups in total. The molecule has 0 amide bonds. The molecule has 0 radical (unpaired) electrons. The van der Waals surface area contributed by atoms with Crippen molar-refractivity contribution in [1.82, 2.24) is 0 Å². The summed E-state index contributed by atoms with van der Waals surface area (Å²) in [7, 11) is -5.56. The molecule has 10 heteroatoms. The first-order valence-electron chi connectivity index (χ1n) is 9.22. The highest BCUT2D eigenvalue weighted by Gasteiger charge is 2.46. The molecule has 0 unspecified atom stereocenters. The number of rotatable bonds is 8. The smallest absolute Gasteiger partial charge is 0.395 e. The van der Waals surface area contributed by atoms with Gasteiger partial charge in [0.25, 0.3) is 0 Å². The van der Waals surface area contributed by atoms with E-state index >= 15 is 0 Å². The predicted octanol–water partition coefficient (Wildman–Crippen LogP) is 5.70. The summed E-state index contributed by atoms with van der Waals surface area (Å²) in [6.07, 6.45) is 6.68. The van der Waals surface area contributed by atoms with Crippen molar-refractivity contribution in [3.63, 3.8) is 0 Å². The van der Waals surface area contributed by atoms with Crippen LogP contribution in [0.1, 0.15) is 57.4 Å². The Kier molecular flexibility index (Phi) is 8.00. The quantitative estimate of drug-likeness (QED) is 0.416. The highest BCUT2D eigenvalue weighted by molar-refractivity contribution is 7.93. The maximum absolute atomic E-state index is 12.8. The van der Waals surface area contributed by atoms with Crippen LogP contribution in [-0.4, -0.2) is 26.2 Å². The molecule has 1 aromatic rings. The fraction of sp³-hybridized carbons (Fsp3) is 0.611. The first-order chi connectivity index (χ1) is 13.1. The minimum absolute atomic E-state index is 0.172. The second kappa shape index (κ2) is 9.82. The van der Waals surface area contributed by atoms with Crippen molar-refractivity contribution in [2.45, 2.75) is 57.4 Å². The largest absolute Gasteiger partial charge is 0.516 e. The Hall–Kier alpha value is -1.48. The lowest BCUT2D eigenvalue weighted by Crippen LogP contribution is -2.30.